The first-order valence-electron chi connectivity index (χ1n) is 6.15. The van der Waals surface area contributed by atoms with Gasteiger partial charge >= 0.3 is 5.97 Å². The van der Waals surface area contributed by atoms with Gasteiger partial charge in [-0.3, -0.25) is 9.59 Å². The quantitative estimate of drug-likeness (QED) is 0.704. The molecule has 1 aromatic carbocycles. The lowest BCUT2D eigenvalue weighted by molar-refractivity contribution is -0.138. The summed E-state index contributed by atoms with van der Waals surface area (Å²) < 4.78 is 0. The van der Waals surface area contributed by atoms with Crippen LogP contribution in [0.5, 0.6) is 11.5 Å². The first-order chi connectivity index (χ1) is 8.90. The molecule has 0 aromatic heterocycles. The predicted molar refractivity (Wildman–Crippen MR) is 69.3 cm³/mol. The van der Waals surface area contributed by atoms with Crippen molar-refractivity contribution in [2.45, 2.75) is 38.5 Å². The van der Waals surface area contributed by atoms with Gasteiger partial charge in [0, 0.05) is 18.9 Å². The van der Waals surface area contributed by atoms with E-state index in [2.05, 4.69) is 0 Å². The lowest BCUT2D eigenvalue weighted by Crippen LogP contribution is -2.05. The second-order valence-electron chi connectivity index (χ2n) is 4.62. The van der Waals surface area contributed by atoms with E-state index in [9.17, 15) is 19.8 Å². The molecule has 3 N–H and O–H groups in total. The van der Waals surface area contributed by atoms with Gasteiger partial charge in [-0.1, -0.05) is 13.0 Å². The van der Waals surface area contributed by atoms with Gasteiger partial charge in [-0.2, -0.15) is 0 Å². The van der Waals surface area contributed by atoms with E-state index < -0.39 is 5.97 Å². The molecule has 0 aliphatic carbocycles. The van der Waals surface area contributed by atoms with E-state index in [1.807, 2.05) is 6.92 Å². The number of ketones is 1. The highest BCUT2D eigenvalue weighted by Crippen LogP contribution is 2.31. The molecule has 0 spiro atoms. The van der Waals surface area contributed by atoms with Crippen molar-refractivity contribution in [1.82, 2.24) is 0 Å². The molecular weight excluding hydrogens is 248 g/mol. The molecule has 5 nitrogen and oxygen atoms in total. The van der Waals surface area contributed by atoms with Gasteiger partial charge in [-0.25, -0.2) is 0 Å². The first-order valence-corrected chi connectivity index (χ1v) is 6.15. The molecule has 1 rings (SSSR count). The van der Waals surface area contributed by atoms with Gasteiger partial charge in [0.15, 0.2) is 0 Å². The second-order valence-corrected chi connectivity index (χ2v) is 4.62. The van der Waals surface area contributed by atoms with E-state index in [4.69, 9.17) is 5.11 Å². The van der Waals surface area contributed by atoms with Crippen molar-refractivity contribution in [3.8, 4) is 11.5 Å². The minimum absolute atomic E-state index is 0.00508. The Hall–Kier alpha value is -2.04. The van der Waals surface area contributed by atoms with Crippen LogP contribution in [0.2, 0.25) is 0 Å². The zero-order valence-corrected chi connectivity index (χ0v) is 10.8. The molecule has 1 aromatic rings. The van der Waals surface area contributed by atoms with E-state index >= 15 is 0 Å². The third-order valence-corrected chi connectivity index (χ3v) is 3.02. The summed E-state index contributed by atoms with van der Waals surface area (Å²) in [7, 11) is 0. The van der Waals surface area contributed by atoms with Crippen LogP contribution in [0.4, 0.5) is 0 Å². The van der Waals surface area contributed by atoms with Crippen molar-refractivity contribution < 1.29 is 24.9 Å². The molecule has 0 aliphatic rings. The number of hydrogen-bond donors (Lipinski definition) is 3. The molecular formula is C14H18O5. The summed E-state index contributed by atoms with van der Waals surface area (Å²) in [6, 6.07) is 4.37. The Balaban J connectivity index is 2.48. The summed E-state index contributed by atoms with van der Waals surface area (Å²) in [5, 5.41) is 27.3. The zero-order valence-electron chi connectivity index (χ0n) is 10.8. The van der Waals surface area contributed by atoms with Gasteiger partial charge in [-0.05, 0) is 24.0 Å². The molecule has 0 bridgehead atoms. The first kappa shape index (κ1) is 15.0. The van der Waals surface area contributed by atoms with Crippen LogP contribution >= 0.6 is 0 Å². The van der Waals surface area contributed by atoms with Crippen molar-refractivity contribution in [3.05, 3.63) is 23.8 Å². The van der Waals surface area contributed by atoms with Crippen molar-refractivity contribution in [1.29, 1.82) is 0 Å². The van der Waals surface area contributed by atoms with Crippen LogP contribution in [0.25, 0.3) is 0 Å². The molecule has 104 valence electrons. The van der Waals surface area contributed by atoms with Gasteiger partial charge in [0.25, 0.3) is 0 Å². The third-order valence-electron chi connectivity index (χ3n) is 3.02. The molecule has 19 heavy (non-hydrogen) atoms. The fourth-order valence-corrected chi connectivity index (χ4v) is 1.85. The van der Waals surface area contributed by atoms with Crippen LogP contribution in [0.1, 0.15) is 44.1 Å². The van der Waals surface area contributed by atoms with E-state index in [1.54, 1.807) is 6.07 Å². The Bertz CT molecular complexity index is 467. The van der Waals surface area contributed by atoms with Gasteiger partial charge in [0.05, 0.1) is 6.42 Å². The minimum Gasteiger partial charge on any atom is -0.508 e. The standard InChI is InChI=1S/C14H18O5/c1-9(2-3-10(15)5-7-14(18)19)12-6-4-11(16)8-13(12)17/h4,6,8-9,16-17H,2-3,5,7H2,1H3,(H,18,19). The Labute approximate surface area is 111 Å². The molecule has 1 atom stereocenters. The number of benzene rings is 1. The number of phenols is 2. The van der Waals surface area contributed by atoms with E-state index in [0.29, 0.717) is 12.0 Å². The van der Waals surface area contributed by atoms with Crippen LogP contribution in [-0.4, -0.2) is 27.1 Å². The average Bonchev–Trinajstić information content (AvgIpc) is 2.33. The Morgan fingerprint density at radius 3 is 2.42 bits per heavy atom. The van der Waals surface area contributed by atoms with Crippen molar-refractivity contribution >= 4 is 11.8 Å². The fourth-order valence-electron chi connectivity index (χ4n) is 1.85. The molecule has 1 unspecified atom stereocenters. The summed E-state index contributed by atoms with van der Waals surface area (Å²) in [6.45, 7) is 1.87. The summed E-state index contributed by atoms with van der Waals surface area (Å²) in [6.07, 6.45) is 0.729. The summed E-state index contributed by atoms with van der Waals surface area (Å²) in [5.41, 5.74) is 0.670. The molecule has 0 saturated carbocycles. The Morgan fingerprint density at radius 2 is 1.84 bits per heavy atom. The number of rotatable bonds is 7. The number of carboxylic acids is 1. The Morgan fingerprint density at radius 1 is 1.16 bits per heavy atom. The van der Waals surface area contributed by atoms with Crippen LogP contribution < -0.4 is 0 Å². The van der Waals surface area contributed by atoms with E-state index in [-0.39, 0.29) is 42.5 Å². The SMILES string of the molecule is CC(CCC(=O)CCC(=O)O)c1ccc(O)cc1O. The van der Waals surface area contributed by atoms with Gasteiger partial charge in [0.1, 0.15) is 17.3 Å². The highest BCUT2D eigenvalue weighted by atomic mass is 16.4. The number of hydrogen-bond acceptors (Lipinski definition) is 4. The fraction of sp³-hybridized carbons (Fsp3) is 0.429. The largest absolute Gasteiger partial charge is 0.508 e. The van der Waals surface area contributed by atoms with Crippen molar-refractivity contribution in [2.75, 3.05) is 0 Å². The molecule has 0 amide bonds. The maximum Gasteiger partial charge on any atom is 0.303 e. The topological polar surface area (TPSA) is 94.8 Å². The minimum atomic E-state index is -0.974. The lowest BCUT2D eigenvalue weighted by atomic mass is 9.93. The zero-order chi connectivity index (χ0) is 14.4. The smallest absolute Gasteiger partial charge is 0.303 e. The monoisotopic (exact) mass is 266 g/mol. The number of phenolic OH excluding ortho intramolecular Hbond substituents is 2. The third kappa shape index (κ3) is 4.99. The molecule has 0 aliphatic heterocycles. The van der Waals surface area contributed by atoms with E-state index in [0.717, 1.165) is 0 Å². The molecule has 0 radical (unpaired) electrons. The summed E-state index contributed by atoms with van der Waals surface area (Å²) in [5.74, 6) is -1.10. The van der Waals surface area contributed by atoms with Gasteiger partial charge < -0.3 is 15.3 Å². The van der Waals surface area contributed by atoms with Crippen LogP contribution in [-0.2, 0) is 9.59 Å². The molecule has 0 fully saturated rings. The number of aromatic hydroxyl groups is 2. The van der Waals surface area contributed by atoms with Gasteiger partial charge in [0.2, 0.25) is 0 Å². The predicted octanol–water partition coefficient (Wildman–Crippen LogP) is 2.42. The van der Waals surface area contributed by atoms with E-state index in [1.165, 1.54) is 12.1 Å². The molecule has 0 heterocycles. The number of Topliss-reactive ketones (excluding diaryl/α,β-unsaturated/α-hetero) is 1. The number of aliphatic carboxylic acids is 1. The van der Waals surface area contributed by atoms with Crippen LogP contribution in [0, 0.1) is 0 Å². The second kappa shape index (κ2) is 6.78. The lowest BCUT2D eigenvalue weighted by Gasteiger charge is -2.13. The molecule has 0 saturated heterocycles. The number of carboxylic acid groups (broad SMARTS) is 1. The summed E-state index contributed by atoms with van der Waals surface area (Å²) in [4.78, 5) is 21.8. The Kier molecular flexibility index (Phi) is 5.36. The number of carbonyl (C=O) groups is 2. The maximum absolute atomic E-state index is 11.5. The highest BCUT2D eigenvalue weighted by molar-refractivity contribution is 5.82. The number of carbonyl (C=O) groups excluding carboxylic acids is 1. The molecule has 5 heteroatoms. The normalized spacial score (nSPS) is 12.1. The van der Waals surface area contributed by atoms with Crippen molar-refractivity contribution in [2.24, 2.45) is 0 Å². The maximum atomic E-state index is 11.5. The summed E-state index contributed by atoms with van der Waals surface area (Å²) >= 11 is 0. The van der Waals surface area contributed by atoms with Crippen molar-refractivity contribution in [3.63, 3.8) is 0 Å². The van der Waals surface area contributed by atoms with Gasteiger partial charge in [-0.15, -0.1) is 0 Å². The highest BCUT2D eigenvalue weighted by Gasteiger charge is 2.13. The average molecular weight is 266 g/mol. The van der Waals surface area contributed by atoms with Crippen LogP contribution in [0.3, 0.4) is 0 Å². The van der Waals surface area contributed by atoms with Crippen LogP contribution in [0.15, 0.2) is 18.2 Å².